The molecule has 1 rings (SSSR count). The number of ether oxygens (including phenoxy) is 2. The Labute approximate surface area is 144 Å². The van der Waals surface area contributed by atoms with Gasteiger partial charge in [0, 0.05) is 20.1 Å². The van der Waals surface area contributed by atoms with E-state index in [1.165, 1.54) is 17.7 Å². The van der Waals surface area contributed by atoms with Gasteiger partial charge >= 0.3 is 0 Å². The predicted octanol–water partition coefficient (Wildman–Crippen LogP) is 2.55. The zero-order valence-electron chi connectivity index (χ0n) is 14.6. The Balaban J connectivity index is 2.34. The highest BCUT2D eigenvalue weighted by Gasteiger charge is 2.04. The molecule has 0 bridgehead atoms. The first kappa shape index (κ1) is 19.5. The molecule has 1 aromatic rings. The van der Waals surface area contributed by atoms with Crippen molar-refractivity contribution in [1.82, 2.24) is 10.6 Å². The minimum Gasteiger partial charge on any atom is -0.493 e. The molecule has 0 atom stereocenters. The van der Waals surface area contributed by atoms with Gasteiger partial charge in [-0.2, -0.15) is 11.8 Å². The molecule has 6 heteroatoms. The van der Waals surface area contributed by atoms with Gasteiger partial charge in [-0.05, 0) is 49.0 Å². The standard InChI is InChI=1S/C17H29N3O2S/c1-18-17(19-10-5-6-12-23-4)20-11-9-14-7-8-15(21-2)16(13-14)22-3/h7-8,13H,5-6,9-12H2,1-4H3,(H2,18,19,20). The van der Waals surface area contributed by atoms with E-state index < -0.39 is 0 Å². The van der Waals surface area contributed by atoms with Crippen LogP contribution >= 0.6 is 11.8 Å². The van der Waals surface area contributed by atoms with Crippen molar-refractivity contribution in [2.24, 2.45) is 4.99 Å². The molecule has 0 amide bonds. The van der Waals surface area contributed by atoms with Crippen molar-refractivity contribution in [2.45, 2.75) is 19.3 Å². The Bertz CT molecular complexity index is 481. The summed E-state index contributed by atoms with van der Waals surface area (Å²) in [5.74, 6) is 3.59. The van der Waals surface area contributed by atoms with Crippen LogP contribution in [0, 0.1) is 0 Å². The molecule has 0 spiro atoms. The van der Waals surface area contributed by atoms with E-state index in [1.54, 1.807) is 21.3 Å². The Morgan fingerprint density at radius 3 is 2.48 bits per heavy atom. The summed E-state index contributed by atoms with van der Waals surface area (Å²) in [5, 5.41) is 6.68. The van der Waals surface area contributed by atoms with Crippen molar-refractivity contribution in [3.63, 3.8) is 0 Å². The average Bonchev–Trinajstić information content (AvgIpc) is 2.59. The van der Waals surface area contributed by atoms with Crippen LogP contribution in [-0.4, -0.2) is 52.3 Å². The molecule has 0 fully saturated rings. The highest BCUT2D eigenvalue weighted by molar-refractivity contribution is 7.98. The van der Waals surface area contributed by atoms with E-state index in [0.717, 1.165) is 43.4 Å². The van der Waals surface area contributed by atoms with Crippen LogP contribution in [0.2, 0.25) is 0 Å². The maximum atomic E-state index is 5.33. The van der Waals surface area contributed by atoms with Gasteiger partial charge < -0.3 is 20.1 Å². The average molecular weight is 340 g/mol. The maximum absolute atomic E-state index is 5.33. The molecular weight excluding hydrogens is 310 g/mol. The summed E-state index contributed by atoms with van der Waals surface area (Å²) in [4.78, 5) is 4.24. The number of methoxy groups -OCH3 is 2. The van der Waals surface area contributed by atoms with Gasteiger partial charge in [0.05, 0.1) is 14.2 Å². The number of benzene rings is 1. The van der Waals surface area contributed by atoms with E-state index in [-0.39, 0.29) is 0 Å². The van der Waals surface area contributed by atoms with E-state index >= 15 is 0 Å². The number of rotatable bonds is 10. The Kier molecular flexibility index (Phi) is 10.1. The fourth-order valence-corrected chi connectivity index (χ4v) is 2.65. The van der Waals surface area contributed by atoms with E-state index in [0.29, 0.717) is 0 Å². The van der Waals surface area contributed by atoms with Crippen LogP contribution in [0.3, 0.4) is 0 Å². The van der Waals surface area contributed by atoms with Crippen LogP contribution in [0.1, 0.15) is 18.4 Å². The van der Waals surface area contributed by atoms with Gasteiger partial charge in [0.1, 0.15) is 0 Å². The SMILES string of the molecule is CN=C(NCCCCSC)NCCc1ccc(OC)c(OC)c1. The third-order valence-electron chi connectivity index (χ3n) is 3.45. The Morgan fingerprint density at radius 1 is 1.09 bits per heavy atom. The number of thioether (sulfide) groups is 1. The van der Waals surface area contributed by atoms with Gasteiger partial charge in [-0.1, -0.05) is 6.07 Å². The lowest BCUT2D eigenvalue weighted by Gasteiger charge is -2.13. The zero-order chi connectivity index (χ0) is 16.9. The van der Waals surface area contributed by atoms with Crippen LogP contribution in [0.5, 0.6) is 11.5 Å². The highest BCUT2D eigenvalue weighted by Crippen LogP contribution is 2.27. The molecule has 0 unspecified atom stereocenters. The number of aliphatic imine (C=N–C) groups is 1. The predicted molar refractivity (Wildman–Crippen MR) is 100 cm³/mol. The largest absolute Gasteiger partial charge is 0.493 e. The minimum absolute atomic E-state index is 0.756. The number of guanidine groups is 1. The Morgan fingerprint density at radius 2 is 1.83 bits per heavy atom. The molecule has 0 aliphatic rings. The van der Waals surface area contributed by atoms with Gasteiger partial charge in [-0.25, -0.2) is 0 Å². The highest BCUT2D eigenvalue weighted by atomic mass is 32.2. The second-order valence-corrected chi connectivity index (χ2v) is 6.05. The third-order valence-corrected chi connectivity index (χ3v) is 4.14. The number of hydrogen-bond acceptors (Lipinski definition) is 4. The quantitative estimate of drug-likeness (QED) is 0.390. The first-order valence-electron chi connectivity index (χ1n) is 7.89. The summed E-state index contributed by atoms with van der Waals surface area (Å²) in [6.07, 6.45) is 5.43. The van der Waals surface area contributed by atoms with E-state index in [4.69, 9.17) is 9.47 Å². The van der Waals surface area contributed by atoms with Gasteiger partial charge in [0.25, 0.3) is 0 Å². The number of nitrogens with zero attached hydrogens (tertiary/aromatic N) is 1. The second kappa shape index (κ2) is 11.9. The van der Waals surface area contributed by atoms with Gasteiger partial charge in [0.15, 0.2) is 17.5 Å². The zero-order valence-corrected chi connectivity index (χ0v) is 15.5. The van der Waals surface area contributed by atoms with Crippen LogP contribution in [0.25, 0.3) is 0 Å². The van der Waals surface area contributed by atoms with Crippen molar-refractivity contribution in [2.75, 3.05) is 46.4 Å². The normalized spacial score (nSPS) is 11.2. The molecular formula is C17H29N3O2S. The summed E-state index contributed by atoms with van der Waals surface area (Å²) in [5.41, 5.74) is 1.20. The van der Waals surface area contributed by atoms with Gasteiger partial charge in [0.2, 0.25) is 0 Å². The third kappa shape index (κ3) is 7.50. The smallest absolute Gasteiger partial charge is 0.190 e. The molecule has 0 radical (unpaired) electrons. The number of nitrogens with one attached hydrogen (secondary N) is 2. The summed E-state index contributed by atoms with van der Waals surface area (Å²) in [6.45, 7) is 1.77. The molecule has 0 aliphatic carbocycles. The van der Waals surface area contributed by atoms with Gasteiger partial charge in [-0.15, -0.1) is 0 Å². The first-order valence-corrected chi connectivity index (χ1v) is 9.29. The molecule has 2 N–H and O–H groups in total. The maximum Gasteiger partial charge on any atom is 0.190 e. The number of hydrogen-bond donors (Lipinski definition) is 2. The van der Waals surface area contributed by atoms with Crippen LogP contribution in [-0.2, 0) is 6.42 Å². The first-order chi connectivity index (χ1) is 11.2. The van der Waals surface area contributed by atoms with E-state index in [1.807, 2.05) is 23.9 Å². The van der Waals surface area contributed by atoms with Crippen molar-refractivity contribution in [1.29, 1.82) is 0 Å². The lowest BCUT2D eigenvalue weighted by molar-refractivity contribution is 0.354. The minimum atomic E-state index is 0.756. The van der Waals surface area contributed by atoms with Crippen LogP contribution in [0.15, 0.2) is 23.2 Å². The number of unbranched alkanes of at least 4 members (excludes halogenated alkanes) is 1. The topological polar surface area (TPSA) is 54.9 Å². The molecule has 5 nitrogen and oxygen atoms in total. The molecule has 23 heavy (non-hydrogen) atoms. The fraction of sp³-hybridized carbons (Fsp3) is 0.588. The lowest BCUT2D eigenvalue weighted by atomic mass is 10.1. The molecule has 0 saturated carbocycles. The van der Waals surface area contributed by atoms with E-state index in [9.17, 15) is 0 Å². The van der Waals surface area contributed by atoms with Crippen molar-refractivity contribution < 1.29 is 9.47 Å². The molecule has 1 aromatic carbocycles. The monoisotopic (exact) mass is 339 g/mol. The molecule has 0 saturated heterocycles. The summed E-state index contributed by atoms with van der Waals surface area (Å²) < 4.78 is 10.6. The molecule has 0 aromatic heterocycles. The summed E-state index contributed by atoms with van der Waals surface area (Å²) in [7, 11) is 5.10. The Hall–Kier alpha value is -1.56. The molecule has 0 aliphatic heterocycles. The van der Waals surface area contributed by atoms with Crippen LogP contribution in [0.4, 0.5) is 0 Å². The van der Waals surface area contributed by atoms with Crippen molar-refractivity contribution in [3.05, 3.63) is 23.8 Å². The fourth-order valence-electron chi connectivity index (χ4n) is 2.16. The van der Waals surface area contributed by atoms with Crippen molar-refractivity contribution in [3.8, 4) is 11.5 Å². The van der Waals surface area contributed by atoms with Gasteiger partial charge in [-0.3, -0.25) is 4.99 Å². The van der Waals surface area contributed by atoms with Crippen LogP contribution < -0.4 is 20.1 Å². The summed E-state index contributed by atoms with van der Waals surface area (Å²) >= 11 is 1.89. The van der Waals surface area contributed by atoms with Crippen molar-refractivity contribution >= 4 is 17.7 Å². The lowest BCUT2D eigenvalue weighted by Crippen LogP contribution is -2.38. The second-order valence-electron chi connectivity index (χ2n) is 5.07. The summed E-state index contributed by atoms with van der Waals surface area (Å²) in [6, 6.07) is 6.01. The molecule has 0 heterocycles. The molecule has 130 valence electrons. The van der Waals surface area contributed by atoms with E-state index in [2.05, 4.69) is 27.9 Å².